The van der Waals surface area contributed by atoms with Crippen molar-refractivity contribution in [3.05, 3.63) is 22.4 Å². The fourth-order valence-electron chi connectivity index (χ4n) is 1.31. The third kappa shape index (κ3) is 5.30. The van der Waals surface area contributed by atoms with E-state index in [9.17, 15) is 4.79 Å². The van der Waals surface area contributed by atoms with E-state index in [0.29, 0.717) is 13.2 Å². The van der Waals surface area contributed by atoms with Crippen LogP contribution >= 0.6 is 11.3 Å². The molecule has 1 aromatic rings. The summed E-state index contributed by atoms with van der Waals surface area (Å²) in [5, 5.41) is 4.72. The van der Waals surface area contributed by atoms with Gasteiger partial charge in [0.05, 0.1) is 6.10 Å². The van der Waals surface area contributed by atoms with E-state index in [1.807, 2.05) is 31.4 Å². The van der Waals surface area contributed by atoms with E-state index in [-0.39, 0.29) is 12.0 Å². The van der Waals surface area contributed by atoms with Crippen LogP contribution in [-0.2, 0) is 9.53 Å². The molecule has 1 aromatic heterocycles. The van der Waals surface area contributed by atoms with Crippen LogP contribution in [0.5, 0.6) is 0 Å². The number of amides is 1. The van der Waals surface area contributed by atoms with E-state index < -0.39 is 6.04 Å². The molecule has 0 radical (unpaired) electrons. The number of hydrogen-bond acceptors (Lipinski definition) is 4. The van der Waals surface area contributed by atoms with Crippen molar-refractivity contribution in [2.45, 2.75) is 32.4 Å². The van der Waals surface area contributed by atoms with Gasteiger partial charge in [0.1, 0.15) is 6.04 Å². The normalized spacial score (nSPS) is 12.7. The van der Waals surface area contributed by atoms with E-state index in [1.165, 1.54) is 11.3 Å². The lowest BCUT2D eigenvalue weighted by Gasteiger charge is -2.11. The third-order valence-corrected chi connectivity index (χ3v) is 3.16. The summed E-state index contributed by atoms with van der Waals surface area (Å²) in [4.78, 5) is 12.6. The number of carbonyl (C=O) groups excluding carboxylic acids is 1. The minimum absolute atomic E-state index is 0.128. The topological polar surface area (TPSA) is 64.3 Å². The quantitative estimate of drug-likeness (QED) is 0.730. The van der Waals surface area contributed by atoms with Crippen LogP contribution in [0.2, 0.25) is 0 Å². The van der Waals surface area contributed by atoms with Crippen LogP contribution in [0, 0.1) is 0 Å². The van der Waals surface area contributed by atoms with Crippen LogP contribution in [0.15, 0.2) is 17.5 Å². The summed E-state index contributed by atoms with van der Waals surface area (Å²) >= 11 is 1.50. The fourth-order valence-corrected chi connectivity index (χ4v) is 2.04. The van der Waals surface area contributed by atoms with Crippen molar-refractivity contribution >= 4 is 17.2 Å². The monoisotopic (exact) mass is 256 g/mol. The maximum atomic E-state index is 11.7. The van der Waals surface area contributed by atoms with Gasteiger partial charge in [-0.15, -0.1) is 11.3 Å². The Hall–Kier alpha value is -0.910. The van der Waals surface area contributed by atoms with Gasteiger partial charge in [-0.2, -0.15) is 0 Å². The SMILES string of the molecule is CC(C)OCCCNC(=O)C(N)c1cccs1. The smallest absolute Gasteiger partial charge is 0.242 e. The molecule has 0 bridgehead atoms. The average Bonchev–Trinajstić information content (AvgIpc) is 2.80. The van der Waals surface area contributed by atoms with Gasteiger partial charge in [-0.05, 0) is 31.7 Å². The lowest BCUT2D eigenvalue weighted by molar-refractivity contribution is -0.122. The molecule has 5 heteroatoms. The van der Waals surface area contributed by atoms with Gasteiger partial charge in [-0.3, -0.25) is 4.79 Å². The summed E-state index contributed by atoms with van der Waals surface area (Å²) in [7, 11) is 0. The molecule has 4 nitrogen and oxygen atoms in total. The number of thiophene rings is 1. The highest BCUT2D eigenvalue weighted by atomic mass is 32.1. The fraction of sp³-hybridized carbons (Fsp3) is 0.583. The van der Waals surface area contributed by atoms with E-state index >= 15 is 0 Å². The zero-order chi connectivity index (χ0) is 12.7. The van der Waals surface area contributed by atoms with E-state index in [2.05, 4.69) is 5.32 Å². The first kappa shape index (κ1) is 14.2. The maximum Gasteiger partial charge on any atom is 0.242 e. The summed E-state index contributed by atoms with van der Waals surface area (Å²) in [6.07, 6.45) is 1.04. The molecule has 1 rings (SSSR count). The number of nitrogens with two attached hydrogens (primary N) is 1. The van der Waals surface area contributed by atoms with Gasteiger partial charge in [-0.25, -0.2) is 0 Å². The van der Waals surface area contributed by atoms with E-state index in [1.54, 1.807) is 0 Å². The Morgan fingerprint density at radius 1 is 1.59 bits per heavy atom. The second-order valence-electron chi connectivity index (χ2n) is 4.06. The van der Waals surface area contributed by atoms with Gasteiger partial charge in [0.15, 0.2) is 0 Å². The minimum Gasteiger partial charge on any atom is -0.379 e. The molecule has 1 heterocycles. The second-order valence-corrected chi connectivity index (χ2v) is 5.04. The van der Waals surface area contributed by atoms with Crippen molar-refractivity contribution < 1.29 is 9.53 Å². The zero-order valence-corrected chi connectivity index (χ0v) is 11.1. The summed E-state index contributed by atoms with van der Waals surface area (Å²) < 4.78 is 5.38. The number of carbonyl (C=O) groups is 1. The van der Waals surface area contributed by atoms with Crippen molar-refractivity contribution in [1.29, 1.82) is 0 Å². The van der Waals surface area contributed by atoms with Gasteiger partial charge in [0.2, 0.25) is 5.91 Å². The molecule has 0 aliphatic carbocycles. The Kier molecular flexibility index (Phi) is 6.18. The highest BCUT2D eigenvalue weighted by Gasteiger charge is 2.15. The Labute approximate surface area is 106 Å². The molecular weight excluding hydrogens is 236 g/mol. The largest absolute Gasteiger partial charge is 0.379 e. The molecular formula is C12H20N2O2S. The average molecular weight is 256 g/mol. The first-order valence-electron chi connectivity index (χ1n) is 5.79. The Bertz CT molecular complexity index is 325. The van der Waals surface area contributed by atoms with Crippen molar-refractivity contribution in [1.82, 2.24) is 5.32 Å². The molecule has 1 atom stereocenters. The van der Waals surface area contributed by atoms with Crippen molar-refractivity contribution in [2.24, 2.45) is 5.73 Å². The van der Waals surface area contributed by atoms with E-state index in [4.69, 9.17) is 10.5 Å². The lowest BCUT2D eigenvalue weighted by Crippen LogP contribution is -2.34. The van der Waals surface area contributed by atoms with Crippen LogP contribution in [0.1, 0.15) is 31.2 Å². The summed E-state index contributed by atoms with van der Waals surface area (Å²) in [6.45, 7) is 5.24. The summed E-state index contributed by atoms with van der Waals surface area (Å²) in [5.41, 5.74) is 5.81. The van der Waals surface area contributed by atoms with Gasteiger partial charge in [0.25, 0.3) is 0 Å². The Morgan fingerprint density at radius 3 is 2.94 bits per heavy atom. The number of nitrogens with one attached hydrogen (secondary N) is 1. The number of ether oxygens (including phenoxy) is 1. The van der Waals surface area contributed by atoms with Crippen LogP contribution < -0.4 is 11.1 Å². The predicted octanol–water partition coefficient (Wildman–Crippen LogP) is 1.68. The zero-order valence-electron chi connectivity index (χ0n) is 10.3. The highest BCUT2D eigenvalue weighted by Crippen LogP contribution is 2.16. The molecule has 3 N–H and O–H groups in total. The Balaban J connectivity index is 2.17. The van der Waals surface area contributed by atoms with Crippen LogP contribution in [0.4, 0.5) is 0 Å². The Morgan fingerprint density at radius 2 is 2.35 bits per heavy atom. The van der Waals surface area contributed by atoms with Crippen molar-refractivity contribution in [3.63, 3.8) is 0 Å². The molecule has 0 saturated carbocycles. The lowest BCUT2D eigenvalue weighted by atomic mass is 10.2. The first-order chi connectivity index (χ1) is 8.11. The van der Waals surface area contributed by atoms with Gasteiger partial charge < -0.3 is 15.8 Å². The van der Waals surface area contributed by atoms with Gasteiger partial charge >= 0.3 is 0 Å². The minimum atomic E-state index is -0.555. The molecule has 0 aliphatic heterocycles. The maximum absolute atomic E-state index is 11.7. The second kappa shape index (κ2) is 7.42. The molecule has 0 fully saturated rings. The molecule has 0 saturated heterocycles. The van der Waals surface area contributed by atoms with E-state index in [0.717, 1.165) is 11.3 Å². The predicted molar refractivity (Wildman–Crippen MR) is 70.0 cm³/mol. The van der Waals surface area contributed by atoms with Crippen molar-refractivity contribution in [2.75, 3.05) is 13.2 Å². The van der Waals surface area contributed by atoms with Crippen LogP contribution in [0.25, 0.3) is 0 Å². The molecule has 0 spiro atoms. The molecule has 17 heavy (non-hydrogen) atoms. The molecule has 1 amide bonds. The molecule has 96 valence electrons. The first-order valence-corrected chi connectivity index (χ1v) is 6.67. The molecule has 0 aromatic carbocycles. The summed E-state index contributed by atoms with van der Waals surface area (Å²) in [6, 6.07) is 3.21. The van der Waals surface area contributed by atoms with Crippen molar-refractivity contribution in [3.8, 4) is 0 Å². The molecule has 1 unspecified atom stereocenters. The molecule has 0 aliphatic rings. The van der Waals surface area contributed by atoms with Gasteiger partial charge in [-0.1, -0.05) is 6.07 Å². The number of rotatable bonds is 7. The van der Waals surface area contributed by atoms with Crippen LogP contribution in [-0.4, -0.2) is 25.2 Å². The van der Waals surface area contributed by atoms with Crippen LogP contribution in [0.3, 0.4) is 0 Å². The number of hydrogen-bond donors (Lipinski definition) is 2. The van der Waals surface area contributed by atoms with Gasteiger partial charge in [0, 0.05) is 18.0 Å². The standard InChI is InChI=1S/C12H20N2O2S/c1-9(2)16-7-4-6-14-12(15)11(13)10-5-3-8-17-10/h3,5,8-9,11H,4,6-7,13H2,1-2H3,(H,14,15). The third-order valence-electron chi connectivity index (χ3n) is 2.20. The summed E-state index contributed by atoms with van der Waals surface area (Å²) in [5.74, 6) is -0.128. The highest BCUT2D eigenvalue weighted by molar-refractivity contribution is 7.10.